The van der Waals surface area contributed by atoms with Gasteiger partial charge >= 0.3 is 11.9 Å². The fraction of sp³-hybridized carbons (Fsp3) is 0.390. The molecule has 0 unspecified atom stereocenters. The fourth-order valence-corrected chi connectivity index (χ4v) is 9.63. The molecule has 412 valence electrons. The number of nitrogens with zero attached hydrogens (tertiary/aromatic N) is 4. The summed E-state index contributed by atoms with van der Waals surface area (Å²) in [6.45, 7) is 5.97. The number of hydrogen-bond donors (Lipinski definition) is 6. The first kappa shape index (κ1) is 57.5. The van der Waals surface area contributed by atoms with Crippen LogP contribution in [-0.4, -0.2) is 126 Å². The Labute approximate surface area is 455 Å². The lowest BCUT2D eigenvalue weighted by molar-refractivity contribution is -0.145. The highest BCUT2D eigenvalue weighted by molar-refractivity contribution is 5.94. The zero-order chi connectivity index (χ0) is 55.4. The van der Waals surface area contributed by atoms with Crippen molar-refractivity contribution in [2.24, 2.45) is 0 Å². The number of carbonyl (C=O) groups is 6. The second kappa shape index (κ2) is 28.8. The topological polar surface area (TPSA) is 263 Å². The highest BCUT2D eigenvalue weighted by Crippen LogP contribution is 2.25. The van der Waals surface area contributed by atoms with Gasteiger partial charge in [0.15, 0.2) is 0 Å². The van der Waals surface area contributed by atoms with Crippen LogP contribution in [-0.2, 0) is 64.2 Å². The summed E-state index contributed by atoms with van der Waals surface area (Å²) >= 11 is 0. The molecule has 0 radical (unpaired) electrons. The molecule has 8 rings (SSSR count). The third-order valence-electron chi connectivity index (χ3n) is 13.7. The van der Waals surface area contributed by atoms with Crippen LogP contribution in [0.3, 0.4) is 0 Å². The van der Waals surface area contributed by atoms with Gasteiger partial charge in [0.2, 0.25) is 23.6 Å². The van der Waals surface area contributed by atoms with Crippen LogP contribution in [0.25, 0.3) is 21.5 Å². The van der Waals surface area contributed by atoms with Crippen LogP contribution in [0.4, 0.5) is 11.6 Å². The number of carbonyl (C=O) groups excluding carboxylic acids is 6. The van der Waals surface area contributed by atoms with Crippen LogP contribution < -0.4 is 37.5 Å². The highest BCUT2D eigenvalue weighted by Gasteiger charge is 2.39. The van der Waals surface area contributed by atoms with E-state index in [1.165, 1.54) is 0 Å². The Morgan fingerprint density at radius 3 is 1.46 bits per heavy atom. The molecule has 0 saturated carbocycles. The van der Waals surface area contributed by atoms with Crippen LogP contribution >= 0.6 is 0 Å². The van der Waals surface area contributed by atoms with Gasteiger partial charge in [0.25, 0.3) is 0 Å². The standard InChI is InChI=1S/C30H37N5O5.C29H35N5O4/c1-3-15-40-27(36)19-33-25(17-20-6-9-23(39-2)10-7-20)30(38)35-14-4-5-26(35)29(37)34-18-21-8-11-24-22(16-21)12-13-32-28(24)31;1-2-15-38-26(35)19-32-24(17-20-7-4-3-5-8-20)29(37)34-14-6-9-25(34)28(36)33-18-21-10-11-23-22(16-21)12-13-31-27(23)30/h6-13,16,25-26,33H,3-5,14-15,17-19H2,1-2H3,(H2,31,32)(H,34,37);3-5,7-8,10-13,16,24-25,32H,2,6,9,14-15,17-19H2,1H3,(H2,30,31)(H,33,36)/t25-,26+;24-,25+/m11/s1. The molecule has 4 heterocycles. The third kappa shape index (κ3) is 16.0. The van der Waals surface area contributed by atoms with Gasteiger partial charge in [-0.3, -0.25) is 39.4 Å². The zero-order valence-electron chi connectivity index (χ0n) is 44.7. The summed E-state index contributed by atoms with van der Waals surface area (Å²) in [5, 5.41) is 15.8. The number of likely N-dealkylation sites (tertiary alicyclic amines) is 2. The molecule has 0 spiro atoms. The Morgan fingerprint density at radius 1 is 0.590 bits per heavy atom. The van der Waals surface area contributed by atoms with Crippen LogP contribution in [0.15, 0.2) is 116 Å². The molecule has 0 aliphatic carbocycles. The van der Waals surface area contributed by atoms with Gasteiger partial charge < -0.3 is 46.1 Å². The number of methoxy groups -OCH3 is 1. The lowest BCUT2D eigenvalue weighted by Gasteiger charge is -2.29. The predicted octanol–water partition coefficient (Wildman–Crippen LogP) is 5.17. The van der Waals surface area contributed by atoms with Crippen molar-refractivity contribution in [3.8, 4) is 5.75 Å². The number of fused-ring (bicyclic) bond motifs is 2. The fourth-order valence-electron chi connectivity index (χ4n) is 9.63. The summed E-state index contributed by atoms with van der Waals surface area (Å²) in [6, 6.07) is 29.9. The number of hydrogen-bond acceptors (Lipinski definition) is 15. The number of nitrogen functional groups attached to an aromatic ring is 2. The van der Waals surface area contributed by atoms with Crippen molar-refractivity contribution in [2.75, 3.05) is 58.0 Å². The van der Waals surface area contributed by atoms with Crippen molar-refractivity contribution in [3.63, 3.8) is 0 Å². The van der Waals surface area contributed by atoms with Crippen LogP contribution in [0.1, 0.15) is 74.6 Å². The summed E-state index contributed by atoms with van der Waals surface area (Å²) in [6.07, 6.45) is 8.14. The van der Waals surface area contributed by atoms with E-state index in [1.54, 1.807) is 29.3 Å². The molecule has 19 heteroatoms. The number of amides is 4. The number of anilines is 2. The van der Waals surface area contributed by atoms with Gasteiger partial charge in [-0.15, -0.1) is 0 Å². The summed E-state index contributed by atoms with van der Waals surface area (Å²) in [5.74, 6) is 0.0238. The Morgan fingerprint density at radius 2 is 1.03 bits per heavy atom. The zero-order valence-corrected chi connectivity index (χ0v) is 44.7. The second-order valence-corrected chi connectivity index (χ2v) is 19.4. The summed E-state index contributed by atoms with van der Waals surface area (Å²) in [5.41, 5.74) is 15.6. The number of ether oxygens (including phenoxy) is 3. The first-order chi connectivity index (χ1) is 37.8. The molecule has 2 saturated heterocycles. The maximum atomic E-state index is 13.8. The van der Waals surface area contributed by atoms with E-state index in [0.717, 1.165) is 69.5 Å². The Hall–Kier alpha value is -8.16. The van der Waals surface area contributed by atoms with Crippen molar-refractivity contribution in [1.82, 2.24) is 41.0 Å². The molecule has 4 aromatic carbocycles. The highest BCUT2D eigenvalue weighted by atomic mass is 16.5. The minimum atomic E-state index is -0.699. The van der Waals surface area contributed by atoms with Gasteiger partial charge in [0.1, 0.15) is 29.5 Å². The number of benzene rings is 4. The van der Waals surface area contributed by atoms with Crippen molar-refractivity contribution >= 4 is 68.7 Å². The van der Waals surface area contributed by atoms with Gasteiger partial charge in [-0.05, 0) is 121 Å². The molecule has 2 aliphatic heterocycles. The van der Waals surface area contributed by atoms with Crippen LogP contribution in [0, 0.1) is 0 Å². The van der Waals surface area contributed by atoms with E-state index in [-0.39, 0.29) is 36.7 Å². The van der Waals surface area contributed by atoms with E-state index in [9.17, 15) is 28.8 Å². The first-order valence-electron chi connectivity index (χ1n) is 26.7. The molecular weight excluding hydrogens is 993 g/mol. The summed E-state index contributed by atoms with van der Waals surface area (Å²) in [4.78, 5) is 89.6. The van der Waals surface area contributed by atoms with E-state index in [0.29, 0.717) is 82.5 Å². The molecular formula is C59H72N10O9. The Bertz CT molecular complexity index is 3000. The normalized spacial score (nSPS) is 15.7. The lowest BCUT2D eigenvalue weighted by atomic mass is 10.0. The number of nitrogens with one attached hydrogen (secondary N) is 4. The number of pyridine rings is 2. The molecule has 4 atom stereocenters. The van der Waals surface area contributed by atoms with Crippen molar-refractivity contribution < 1.29 is 43.0 Å². The minimum absolute atomic E-state index is 0.0735. The average Bonchev–Trinajstić information content (AvgIpc) is 4.18. The average molecular weight is 1070 g/mol. The van der Waals surface area contributed by atoms with Crippen LogP contribution in [0.2, 0.25) is 0 Å². The molecule has 2 fully saturated rings. The van der Waals surface area contributed by atoms with Gasteiger partial charge in [-0.25, -0.2) is 9.97 Å². The quantitative estimate of drug-likeness (QED) is 0.0453. The largest absolute Gasteiger partial charge is 0.497 e. The predicted molar refractivity (Wildman–Crippen MR) is 298 cm³/mol. The number of esters is 2. The molecule has 2 aliphatic rings. The Balaban J connectivity index is 0.000000226. The Kier molecular flexibility index (Phi) is 21.3. The van der Waals surface area contributed by atoms with E-state index in [4.69, 9.17) is 25.7 Å². The monoisotopic (exact) mass is 1060 g/mol. The summed E-state index contributed by atoms with van der Waals surface area (Å²) in [7, 11) is 1.59. The second-order valence-electron chi connectivity index (χ2n) is 19.4. The smallest absolute Gasteiger partial charge is 0.319 e. The minimum Gasteiger partial charge on any atom is -0.497 e. The van der Waals surface area contributed by atoms with Crippen molar-refractivity contribution in [2.45, 2.75) is 102 Å². The van der Waals surface area contributed by atoms with E-state index >= 15 is 0 Å². The van der Waals surface area contributed by atoms with Gasteiger partial charge in [0.05, 0.1) is 45.5 Å². The maximum Gasteiger partial charge on any atom is 0.319 e. The van der Waals surface area contributed by atoms with E-state index in [2.05, 4.69) is 31.2 Å². The molecule has 2 aromatic heterocycles. The third-order valence-corrected chi connectivity index (χ3v) is 13.7. The first-order valence-corrected chi connectivity index (χ1v) is 26.7. The van der Waals surface area contributed by atoms with Gasteiger partial charge in [0, 0.05) is 49.3 Å². The summed E-state index contributed by atoms with van der Waals surface area (Å²) < 4.78 is 15.6. The van der Waals surface area contributed by atoms with Crippen LogP contribution in [0.5, 0.6) is 5.75 Å². The van der Waals surface area contributed by atoms with Crippen molar-refractivity contribution in [3.05, 3.63) is 138 Å². The SMILES string of the molecule is CCCOC(=O)CN[C@H](Cc1ccc(OC)cc1)C(=O)N1CCC[C@H]1C(=O)NCc1ccc2c(N)nccc2c1.CCCOC(=O)CN[C@H](Cc1ccccc1)C(=O)N1CCC[C@H]1C(=O)NCc1ccc2c(N)nccc2c1. The number of rotatable bonds is 23. The lowest BCUT2D eigenvalue weighted by Crippen LogP contribution is -2.53. The molecule has 4 amide bonds. The molecule has 78 heavy (non-hydrogen) atoms. The molecule has 8 N–H and O–H groups in total. The number of aromatic nitrogens is 2. The van der Waals surface area contributed by atoms with Gasteiger partial charge in [-0.1, -0.05) is 80.6 Å². The number of nitrogens with two attached hydrogens (primary N) is 2. The van der Waals surface area contributed by atoms with E-state index < -0.39 is 36.1 Å². The molecule has 19 nitrogen and oxygen atoms in total. The van der Waals surface area contributed by atoms with Gasteiger partial charge in [-0.2, -0.15) is 0 Å². The maximum absolute atomic E-state index is 13.8. The van der Waals surface area contributed by atoms with E-state index in [1.807, 2.05) is 117 Å². The molecule has 0 bridgehead atoms. The molecule has 6 aromatic rings. The van der Waals surface area contributed by atoms with Crippen molar-refractivity contribution in [1.29, 1.82) is 0 Å².